The maximum Gasteiger partial charge on any atom is 0.326 e. The van der Waals surface area contributed by atoms with E-state index in [0.29, 0.717) is 6.42 Å². The molecule has 0 aliphatic carbocycles. The molecule has 2 N–H and O–H groups in total. The van der Waals surface area contributed by atoms with Crippen LogP contribution in [0, 0.1) is 11.3 Å². The van der Waals surface area contributed by atoms with E-state index < -0.39 is 12.0 Å². The molecule has 0 aromatic heterocycles. The van der Waals surface area contributed by atoms with Crippen LogP contribution in [-0.4, -0.2) is 41.1 Å². The first-order valence-corrected chi connectivity index (χ1v) is 6.73. The van der Waals surface area contributed by atoms with Gasteiger partial charge in [-0.05, 0) is 24.7 Å². The molecule has 0 bridgehead atoms. The highest BCUT2D eigenvalue weighted by Gasteiger charge is 2.29. The lowest BCUT2D eigenvalue weighted by Gasteiger charge is -2.36. The largest absolute Gasteiger partial charge is 0.480 e. The maximum absolute atomic E-state index is 12.1. The number of carbonyl (C=O) groups is 2. The minimum Gasteiger partial charge on any atom is -0.480 e. The predicted molar refractivity (Wildman–Crippen MR) is 76.1 cm³/mol. The molecule has 112 valence electrons. The molecular formula is C14H28N2O3. The Morgan fingerprint density at radius 1 is 1.21 bits per heavy atom. The van der Waals surface area contributed by atoms with Gasteiger partial charge in [0.25, 0.3) is 0 Å². The highest BCUT2D eigenvalue weighted by Crippen LogP contribution is 2.23. The summed E-state index contributed by atoms with van der Waals surface area (Å²) >= 11 is 0. The normalized spacial score (nSPS) is 14.9. The van der Waals surface area contributed by atoms with Gasteiger partial charge in [0.15, 0.2) is 0 Å². The highest BCUT2D eigenvalue weighted by atomic mass is 16.4. The summed E-state index contributed by atoms with van der Waals surface area (Å²) in [5.74, 6) is -0.773. The van der Waals surface area contributed by atoms with Crippen LogP contribution in [0.15, 0.2) is 0 Å². The van der Waals surface area contributed by atoms with Gasteiger partial charge in [-0.1, -0.05) is 34.6 Å². The Hall–Kier alpha value is -1.26. The van der Waals surface area contributed by atoms with Crippen LogP contribution in [0.1, 0.15) is 48.0 Å². The van der Waals surface area contributed by atoms with Crippen molar-refractivity contribution in [1.82, 2.24) is 10.2 Å². The lowest BCUT2D eigenvalue weighted by atomic mass is 9.87. The van der Waals surface area contributed by atoms with E-state index in [1.807, 2.05) is 41.5 Å². The Bertz CT molecular complexity index is 321. The number of hydrogen-bond donors (Lipinski definition) is 2. The molecule has 0 aromatic rings. The zero-order chi connectivity index (χ0) is 15.4. The lowest BCUT2D eigenvalue weighted by Crippen LogP contribution is -2.52. The molecule has 0 aromatic carbocycles. The zero-order valence-electron chi connectivity index (χ0n) is 13.2. The number of aliphatic carboxylic acids is 1. The second kappa shape index (κ2) is 6.78. The van der Waals surface area contributed by atoms with Crippen LogP contribution in [0.25, 0.3) is 0 Å². The van der Waals surface area contributed by atoms with E-state index in [1.165, 1.54) is 0 Å². The van der Waals surface area contributed by atoms with Gasteiger partial charge in [0, 0.05) is 13.1 Å². The molecule has 5 nitrogen and oxygen atoms in total. The van der Waals surface area contributed by atoms with Gasteiger partial charge in [0.05, 0.1) is 0 Å². The van der Waals surface area contributed by atoms with Crippen LogP contribution in [0.3, 0.4) is 0 Å². The monoisotopic (exact) mass is 272 g/mol. The van der Waals surface area contributed by atoms with Crippen LogP contribution >= 0.6 is 0 Å². The van der Waals surface area contributed by atoms with E-state index in [-0.39, 0.29) is 23.4 Å². The molecule has 0 saturated heterocycles. The van der Waals surface area contributed by atoms with E-state index in [2.05, 4.69) is 5.32 Å². The van der Waals surface area contributed by atoms with E-state index in [1.54, 1.807) is 11.9 Å². The molecule has 1 unspecified atom stereocenters. The summed E-state index contributed by atoms with van der Waals surface area (Å²) in [4.78, 5) is 24.8. The fraction of sp³-hybridized carbons (Fsp3) is 0.857. The number of urea groups is 1. The van der Waals surface area contributed by atoms with Crippen molar-refractivity contribution in [1.29, 1.82) is 0 Å². The van der Waals surface area contributed by atoms with Gasteiger partial charge >= 0.3 is 12.0 Å². The number of nitrogens with one attached hydrogen (secondary N) is 1. The molecule has 0 radical (unpaired) electrons. The number of rotatable bonds is 5. The Morgan fingerprint density at radius 3 is 2.00 bits per heavy atom. The Balaban J connectivity index is 4.69. The maximum atomic E-state index is 12.1. The van der Waals surface area contributed by atoms with Crippen LogP contribution in [0.4, 0.5) is 4.79 Å². The summed E-state index contributed by atoms with van der Waals surface area (Å²) in [6.07, 6.45) is 0.429. The van der Waals surface area contributed by atoms with Gasteiger partial charge in [-0.3, -0.25) is 0 Å². The Morgan fingerprint density at radius 2 is 1.68 bits per heavy atom. The second-order valence-corrected chi connectivity index (χ2v) is 6.62. The summed E-state index contributed by atoms with van der Waals surface area (Å²) in [5, 5.41) is 11.7. The van der Waals surface area contributed by atoms with E-state index >= 15 is 0 Å². The molecule has 0 fully saturated rings. The van der Waals surface area contributed by atoms with Gasteiger partial charge in [0.2, 0.25) is 0 Å². The average molecular weight is 272 g/mol. The summed E-state index contributed by atoms with van der Waals surface area (Å²) in [7, 11) is 1.69. The lowest BCUT2D eigenvalue weighted by molar-refractivity contribution is -0.139. The number of carboxylic acids is 1. The van der Waals surface area contributed by atoms with Crippen LogP contribution < -0.4 is 5.32 Å². The first-order valence-electron chi connectivity index (χ1n) is 6.73. The van der Waals surface area contributed by atoms with E-state index in [9.17, 15) is 9.59 Å². The summed E-state index contributed by atoms with van der Waals surface area (Å²) in [6, 6.07) is -1.15. The zero-order valence-corrected chi connectivity index (χ0v) is 13.2. The third-order valence-electron chi connectivity index (χ3n) is 3.46. The van der Waals surface area contributed by atoms with Crippen LogP contribution in [-0.2, 0) is 4.79 Å². The van der Waals surface area contributed by atoms with Gasteiger partial charge < -0.3 is 15.3 Å². The summed E-state index contributed by atoms with van der Waals surface area (Å²) in [5.41, 5.74) is -0.0527. The molecule has 0 spiro atoms. The molecule has 2 atom stereocenters. The number of amides is 2. The van der Waals surface area contributed by atoms with Gasteiger partial charge in [-0.25, -0.2) is 9.59 Å². The molecule has 0 aliphatic heterocycles. The van der Waals surface area contributed by atoms with Crippen molar-refractivity contribution in [2.45, 2.75) is 60.0 Å². The minimum absolute atomic E-state index is 0.0148. The first kappa shape index (κ1) is 17.7. The van der Waals surface area contributed by atoms with Crippen molar-refractivity contribution in [3.05, 3.63) is 0 Å². The summed E-state index contributed by atoms with van der Waals surface area (Å²) < 4.78 is 0. The molecule has 0 heterocycles. The van der Waals surface area contributed by atoms with E-state index in [0.717, 1.165) is 0 Å². The number of carboxylic acid groups (broad SMARTS) is 1. The van der Waals surface area contributed by atoms with E-state index in [4.69, 9.17) is 5.11 Å². The van der Waals surface area contributed by atoms with Crippen molar-refractivity contribution in [2.75, 3.05) is 7.05 Å². The molecular weight excluding hydrogens is 244 g/mol. The fourth-order valence-corrected chi connectivity index (χ4v) is 1.70. The van der Waals surface area contributed by atoms with Gasteiger partial charge in [-0.2, -0.15) is 0 Å². The number of nitrogens with zero attached hydrogens (tertiary/aromatic N) is 1. The van der Waals surface area contributed by atoms with Crippen molar-refractivity contribution in [3.63, 3.8) is 0 Å². The molecule has 19 heavy (non-hydrogen) atoms. The number of hydrogen-bond acceptors (Lipinski definition) is 2. The SMILES string of the molecule is CC(C)C[C@@H](NC(=O)N(C)C(C)C(C)(C)C)C(=O)O. The minimum atomic E-state index is -0.987. The topological polar surface area (TPSA) is 69.6 Å². The van der Waals surface area contributed by atoms with Gasteiger partial charge in [-0.15, -0.1) is 0 Å². The third kappa shape index (κ3) is 5.94. The van der Waals surface area contributed by atoms with Crippen LogP contribution in [0.2, 0.25) is 0 Å². The van der Waals surface area contributed by atoms with Crippen molar-refractivity contribution in [2.24, 2.45) is 11.3 Å². The standard InChI is InChI=1S/C14H28N2O3/c1-9(2)8-11(12(17)18)15-13(19)16(7)10(3)14(4,5)6/h9-11H,8H2,1-7H3,(H,15,19)(H,17,18)/t10?,11-/m1/s1. The predicted octanol–water partition coefficient (Wildman–Crippen LogP) is 2.56. The molecule has 2 amide bonds. The average Bonchev–Trinajstić information content (AvgIpc) is 2.23. The first-order chi connectivity index (χ1) is 8.46. The van der Waals surface area contributed by atoms with Crippen LogP contribution in [0.5, 0.6) is 0 Å². The Kier molecular flexibility index (Phi) is 6.33. The smallest absolute Gasteiger partial charge is 0.326 e. The fourth-order valence-electron chi connectivity index (χ4n) is 1.70. The molecule has 5 heteroatoms. The van der Waals surface area contributed by atoms with Crippen molar-refractivity contribution < 1.29 is 14.7 Å². The van der Waals surface area contributed by atoms with Crippen molar-refractivity contribution >= 4 is 12.0 Å². The molecule has 0 aliphatic rings. The summed E-state index contributed by atoms with van der Waals surface area (Å²) in [6.45, 7) is 12.0. The quantitative estimate of drug-likeness (QED) is 0.808. The highest BCUT2D eigenvalue weighted by molar-refractivity contribution is 5.82. The third-order valence-corrected chi connectivity index (χ3v) is 3.46. The molecule has 0 saturated carbocycles. The Labute approximate surface area is 116 Å². The number of carbonyl (C=O) groups excluding carboxylic acids is 1. The van der Waals surface area contributed by atoms with Gasteiger partial charge in [0.1, 0.15) is 6.04 Å². The van der Waals surface area contributed by atoms with Crippen molar-refractivity contribution in [3.8, 4) is 0 Å². The second-order valence-electron chi connectivity index (χ2n) is 6.62. The molecule has 0 rings (SSSR count).